The first-order valence-electron chi connectivity index (χ1n) is 16.2. The molecule has 0 nitrogen and oxygen atoms in total. The van der Waals surface area contributed by atoms with Crippen molar-refractivity contribution in [1.82, 2.24) is 0 Å². The molecule has 0 saturated carbocycles. The lowest BCUT2D eigenvalue weighted by atomic mass is 9.67. The third-order valence-corrected chi connectivity index (χ3v) is 11.1. The SMILES string of the molecule is C1CCC2=C(CC1)C1=C(CCCCC1)C(C1CCCC3=C(CCCC3)CC3=C1CCCC3)CCC2. The Hall–Kier alpha value is -1.04. The first-order chi connectivity index (χ1) is 17.4. The fraction of sp³-hybridized carbons (Fsp3) is 0.771. The van der Waals surface area contributed by atoms with E-state index < -0.39 is 0 Å². The topological polar surface area (TPSA) is 0 Å². The summed E-state index contributed by atoms with van der Waals surface area (Å²) >= 11 is 0. The van der Waals surface area contributed by atoms with Crippen LogP contribution in [-0.4, -0.2) is 0 Å². The number of rotatable bonds is 1. The monoisotopic (exact) mass is 472 g/mol. The van der Waals surface area contributed by atoms with Gasteiger partial charge in [0.05, 0.1) is 0 Å². The van der Waals surface area contributed by atoms with E-state index in [0.717, 1.165) is 11.8 Å². The average Bonchev–Trinajstić information content (AvgIpc) is 3.22. The number of hydrogen-bond acceptors (Lipinski definition) is 0. The van der Waals surface area contributed by atoms with E-state index in [4.69, 9.17) is 0 Å². The molecule has 0 aliphatic heterocycles. The van der Waals surface area contributed by atoms with Crippen molar-refractivity contribution in [3.63, 3.8) is 0 Å². The van der Waals surface area contributed by atoms with Crippen LogP contribution in [0.2, 0.25) is 0 Å². The Labute approximate surface area is 216 Å². The van der Waals surface area contributed by atoms with E-state index in [-0.39, 0.29) is 0 Å². The molecule has 0 radical (unpaired) electrons. The van der Waals surface area contributed by atoms with E-state index in [0.29, 0.717) is 0 Å². The summed E-state index contributed by atoms with van der Waals surface area (Å²) in [6.45, 7) is 0. The lowest BCUT2D eigenvalue weighted by Gasteiger charge is -2.38. The van der Waals surface area contributed by atoms with Crippen LogP contribution in [0.3, 0.4) is 0 Å². The van der Waals surface area contributed by atoms with Crippen LogP contribution in [0.15, 0.2) is 44.6 Å². The van der Waals surface area contributed by atoms with Gasteiger partial charge in [-0.2, -0.15) is 0 Å². The fourth-order valence-corrected chi connectivity index (χ4v) is 9.40. The Balaban J connectivity index is 1.41. The summed E-state index contributed by atoms with van der Waals surface area (Å²) < 4.78 is 0. The summed E-state index contributed by atoms with van der Waals surface area (Å²) in [5.74, 6) is 1.75. The maximum atomic E-state index is 2.01. The Morgan fingerprint density at radius 2 is 0.800 bits per heavy atom. The number of hydrogen-bond donors (Lipinski definition) is 0. The molecule has 0 fully saturated rings. The Morgan fingerprint density at radius 1 is 0.314 bits per heavy atom. The Morgan fingerprint density at radius 3 is 1.63 bits per heavy atom. The quantitative estimate of drug-likeness (QED) is 0.333. The molecule has 0 N–H and O–H groups in total. The van der Waals surface area contributed by atoms with Crippen molar-refractivity contribution in [2.45, 2.75) is 161 Å². The van der Waals surface area contributed by atoms with Crippen LogP contribution in [0.4, 0.5) is 0 Å². The van der Waals surface area contributed by atoms with Gasteiger partial charge in [0.15, 0.2) is 0 Å². The van der Waals surface area contributed by atoms with Gasteiger partial charge in [-0.1, -0.05) is 46.3 Å². The van der Waals surface area contributed by atoms with Gasteiger partial charge in [-0.25, -0.2) is 0 Å². The molecule has 6 aliphatic rings. The molecule has 6 rings (SSSR count). The van der Waals surface area contributed by atoms with E-state index in [2.05, 4.69) is 0 Å². The van der Waals surface area contributed by atoms with Gasteiger partial charge >= 0.3 is 0 Å². The molecular weight excluding hydrogens is 420 g/mol. The van der Waals surface area contributed by atoms with Crippen molar-refractivity contribution < 1.29 is 0 Å². The standard InChI is InChI=1S/C35H52/c1-3-14-27-18-12-24-35(34-22-6-2-5-21-32(34)30(27)19-4-1)33-23-11-17-26-13-7-8-15-28(26)25-29-16-9-10-20-31(29)33/h33,35H,1-25H2. The van der Waals surface area contributed by atoms with Crippen molar-refractivity contribution in [1.29, 1.82) is 0 Å². The minimum atomic E-state index is 0.874. The van der Waals surface area contributed by atoms with E-state index >= 15 is 0 Å². The predicted octanol–water partition coefficient (Wildman–Crippen LogP) is 11.2. The first-order valence-corrected chi connectivity index (χ1v) is 16.2. The highest BCUT2D eigenvalue weighted by molar-refractivity contribution is 5.43. The largest absolute Gasteiger partial charge is 0.0707 e. The van der Waals surface area contributed by atoms with Gasteiger partial charge < -0.3 is 0 Å². The van der Waals surface area contributed by atoms with E-state index in [1.54, 1.807) is 0 Å². The molecule has 0 spiro atoms. The molecule has 0 aromatic heterocycles. The van der Waals surface area contributed by atoms with Gasteiger partial charge in [0.25, 0.3) is 0 Å². The summed E-state index contributed by atoms with van der Waals surface area (Å²) in [5.41, 5.74) is 15.6. The molecular formula is C35H52. The van der Waals surface area contributed by atoms with Crippen LogP contribution in [0, 0.1) is 11.8 Å². The van der Waals surface area contributed by atoms with Crippen molar-refractivity contribution in [2.24, 2.45) is 11.8 Å². The summed E-state index contributed by atoms with van der Waals surface area (Å²) in [6.07, 6.45) is 36.2. The maximum Gasteiger partial charge on any atom is -0.0103 e. The lowest BCUT2D eigenvalue weighted by Crippen LogP contribution is -2.24. The fourth-order valence-electron chi connectivity index (χ4n) is 9.40. The van der Waals surface area contributed by atoms with Gasteiger partial charge in [0.1, 0.15) is 0 Å². The Kier molecular flexibility index (Phi) is 8.03. The molecule has 2 atom stereocenters. The summed E-state index contributed by atoms with van der Waals surface area (Å²) in [7, 11) is 0. The zero-order chi connectivity index (χ0) is 23.5. The van der Waals surface area contributed by atoms with Crippen LogP contribution in [0.5, 0.6) is 0 Å². The van der Waals surface area contributed by atoms with Gasteiger partial charge in [-0.05, 0) is 171 Å². The van der Waals surface area contributed by atoms with Crippen LogP contribution >= 0.6 is 0 Å². The lowest BCUT2D eigenvalue weighted by molar-refractivity contribution is 0.338. The van der Waals surface area contributed by atoms with Gasteiger partial charge in [0, 0.05) is 0 Å². The van der Waals surface area contributed by atoms with Gasteiger partial charge in [0.2, 0.25) is 0 Å². The maximum absolute atomic E-state index is 2.01. The van der Waals surface area contributed by atoms with Gasteiger partial charge in [-0.3, -0.25) is 0 Å². The van der Waals surface area contributed by atoms with Crippen molar-refractivity contribution in [3.8, 4) is 0 Å². The highest BCUT2D eigenvalue weighted by atomic mass is 14.4. The normalized spacial score (nSPS) is 31.5. The second kappa shape index (κ2) is 11.6. The second-order valence-electron chi connectivity index (χ2n) is 13.1. The smallest absolute Gasteiger partial charge is 0.0103 e. The number of fused-ring (bicyclic) bond motifs is 1. The zero-order valence-electron chi connectivity index (χ0n) is 22.8. The summed E-state index contributed by atoms with van der Waals surface area (Å²) in [4.78, 5) is 0. The molecule has 192 valence electrons. The van der Waals surface area contributed by atoms with Crippen molar-refractivity contribution in [2.75, 3.05) is 0 Å². The molecule has 0 heterocycles. The summed E-state index contributed by atoms with van der Waals surface area (Å²) in [5, 5.41) is 0. The average molecular weight is 473 g/mol. The molecule has 6 aliphatic carbocycles. The first kappa shape index (κ1) is 24.3. The van der Waals surface area contributed by atoms with E-state index in [1.807, 2.05) is 44.6 Å². The van der Waals surface area contributed by atoms with Gasteiger partial charge in [-0.15, -0.1) is 0 Å². The van der Waals surface area contributed by atoms with E-state index in [1.165, 1.54) is 161 Å². The highest BCUT2D eigenvalue weighted by Crippen LogP contribution is 2.50. The Bertz CT molecular complexity index is 902. The third kappa shape index (κ3) is 5.33. The molecule has 0 heteroatoms. The summed E-state index contributed by atoms with van der Waals surface area (Å²) in [6, 6.07) is 0. The minimum absolute atomic E-state index is 0.874. The molecule has 0 aromatic rings. The van der Waals surface area contributed by atoms with Crippen LogP contribution < -0.4 is 0 Å². The van der Waals surface area contributed by atoms with Crippen molar-refractivity contribution in [3.05, 3.63) is 44.6 Å². The molecule has 2 unspecified atom stereocenters. The minimum Gasteiger partial charge on any atom is -0.0707 e. The molecule has 35 heavy (non-hydrogen) atoms. The van der Waals surface area contributed by atoms with Crippen LogP contribution in [-0.2, 0) is 0 Å². The second-order valence-corrected chi connectivity index (χ2v) is 13.1. The predicted molar refractivity (Wildman–Crippen MR) is 151 cm³/mol. The number of allylic oxidation sites excluding steroid dienone is 8. The third-order valence-electron chi connectivity index (χ3n) is 11.1. The van der Waals surface area contributed by atoms with Crippen LogP contribution in [0.1, 0.15) is 161 Å². The molecule has 0 amide bonds. The van der Waals surface area contributed by atoms with Crippen molar-refractivity contribution >= 4 is 0 Å². The molecule has 0 bridgehead atoms. The van der Waals surface area contributed by atoms with E-state index in [9.17, 15) is 0 Å². The molecule has 0 aromatic carbocycles. The molecule has 0 saturated heterocycles. The zero-order valence-corrected chi connectivity index (χ0v) is 22.8. The highest BCUT2D eigenvalue weighted by Gasteiger charge is 2.35. The van der Waals surface area contributed by atoms with Crippen LogP contribution in [0.25, 0.3) is 0 Å².